The first-order valence-electron chi connectivity index (χ1n) is 10.6. The minimum atomic E-state index is -0.565. The second-order valence-electron chi connectivity index (χ2n) is 7.37. The molecule has 0 spiro atoms. The van der Waals surface area contributed by atoms with Crippen molar-refractivity contribution in [3.05, 3.63) is 40.6 Å². The average molecular weight is 467 g/mol. The lowest BCUT2D eigenvalue weighted by Crippen LogP contribution is -2.38. The van der Waals surface area contributed by atoms with Gasteiger partial charge in [-0.25, -0.2) is 14.8 Å². The predicted molar refractivity (Wildman–Crippen MR) is 119 cm³/mol. The highest BCUT2D eigenvalue weighted by molar-refractivity contribution is 6.28. The van der Waals surface area contributed by atoms with Gasteiger partial charge in [0.2, 0.25) is 11.1 Å². The Morgan fingerprint density at radius 2 is 1.78 bits per heavy atom. The molecule has 0 radical (unpaired) electrons. The van der Waals surface area contributed by atoms with Crippen LogP contribution in [0.1, 0.15) is 42.7 Å². The fourth-order valence-electron chi connectivity index (χ4n) is 3.64. The number of nitrogens with one attached hydrogen (secondary N) is 1. The third-order valence-electron chi connectivity index (χ3n) is 5.10. The van der Waals surface area contributed by atoms with E-state index in [0.29, 0.717) is 25.6 Å². The fourth-order valence-corrected chi connectivity index (χ4v) is 3.82. The van der Waals surface area contributed by atoms with E-state index in [4.69, 9.17) is 25.8 Å². The third-order valence-corrected chi connectivity index (χ3v) is 5.27. The summed E-state index contributed by atoms with van der Waals surface area (Å²) in [5, 5.41) is 3.31. The quantitative estimate of drug-likeness (QED) is 0.439. The summed E-state index contributed by atoms with van der Waals surface area (Å²) >= 11 is 5.94. The van der Waals surface area contributed by atoms with Crippen molar-refractivity contribution in [2.24, 2.45) is 0 Å². The largest absolute Gasteiger partial charge is 0.491 e. The van der Waals surface area contributed by atoms with Crippen molar-refractivity contribution in [3.8, 4) is 11.5 Å². The van der Waals surface area contributed by atoms with Crippen LogP contribution in [0.3, 0.4) is 0 Å². The van der Waals surface area contributed by atoms with Crippen LogP contribution in [-0.2, 0) is 11.3 Å². The molecule has 3 rings (SSSR count). The summed E-state index contributed by atoms with van der Waals surface area (Å²) in [4.78, 5) is 22.1. The first-order valence-corrected chi connectivity index (χ1v) is 11.0. The number of hydrogen-bond acceptors (Lipinski definition) is 8. The number of hydrogen-bond donors (Lipinski definition) is 1. The number of halogens is 2. The van der Waals surface area contributed by atoms with Crippen molar-refractivity contribution in [3.63, 3.8) is 0 Å². The molecule has 0 unspecified atom stereocenters. The van der Waals surface area contributed by atoms with Crippen LogP contribution in [0.15, 0.2) is 18.2 Å². The SMILES string of the molecule is CCOc1cc(CN2CCC(Nc3cc(C(=O)OC)nc(Cl)n3)CC2)cc(OCC)c1F. The molecule has 0 bridgehead atoms. The summed E-state index contributed by atoms with van der Waals surface area (Å²) < 4.78 is 30.1. The van der Waals surface area contributed by atoms with E-state index in [1.54, 1.807) is 12.1 Å². The van der Waals surface area contributed by atoms with Crippen molar-refractivity contribution in [1.82, 2.24) is 14.9 Å². The van der Waals surface area contributed by atoms with Gasteiger partial charge in [0, 0.05) is 31.7 Å². The van der Waals surface area contributed by atoms with Gasteiger partial charge in [-0.05, 0) is 56.0 Å². The van der Waals surface area contributed by atoms with Crippen LogP contribution < -0.4 is 14.8 Å². The molecular formula is C22H28ClFN4O4. The zero-order valence-electron chi connectivity index (χ0n) is 18.5. The first-order chi connectivity index (χ1) is 15.4. The fraction of sp³-hybridized carbons (Fsp3) is 0.500. The molecule has 1 aromatic carbocycles. The van der Waals surface area contributed by atoms with E-state index in [1.165, 1.54) is 13.2 Å². The molecule has 2 heterocycles. The number of likely N-dealkylation sites (tertiary alicyclic amines) is 1. The Hall–Kier alpha value is -2.65. The van der Waals surface area contributed by atoms with Crippen LogP contribution in [0.25, 0.3) is 0 Å². The van der Waals surface area contributed by atoms with E-state index >= 15 is 0 Å². The van der Waals surface area contributed by atoms with Crippen LogP contribution in [0, 0.1) is 5.82 Å². The molecule has 0 amide bonds. The van der Waals surface area contributed by atoms with Crippen molar-refractivity contribution in [2.45, 2.75) is 39.3 Å². The number of nitrogens with zero attached hydrogens (tertiary/aromatic N) is 3. The minimum Gasteiger partial charge on any atom is -0.491 e. The summed E-state index contributed by atoms with van der Waals surface area (Å²) in [6.45, 7) is 6.75. The van der Waals surface area contributed by atoms with Crippen LogP contribution in [0.5, 0.6) is 11.5 Å². The standard InChI is InChI=1S/C22H28ClFN4O4/c1-4-31-17-10-14(11-18(20(17)24)32-5-2)13-28-8-6-15(7-9-28)25-19-12-16(21(29)30-3)26-22(23)27-19/h10-12,15H,4-9,13H2,1-3H3,(H,25,26,27). The van der Waals surface area contributed by atoms with Gasteiger partial charge in [-0.1, -0.05) is 0 Å². The Morgan fingerprint density at radius 1 is 1.16 bits per heavy atom. The number of methoxy groups -OCH3 is 1. The molecule has 1 N–H and O–H groups in total. The third kappa shape index (κ3) is 6.20. The summed E-state index contributed by atoms with van der Waals surface area (Å²) in [5.41, 5.74) is 1.05. The monoisotopic (exact) mass is 466 g/mol. The van der Waals surface area contributed by atoms with Crippen LogP contribution in [0.4, 0.5) is 10.2 Å². The molecule has 1 saturated heterocycles. The Labute approximate surface area is 192 Å². The van der Waals surface area contributed by atoms with Crippen LogP contribution in [-0.4, -0.2) is 60.3 Å². The molecule has 32 heavy (non-hydrogen) atoms. The van der Waals surface area contributed by atoms with E-state index in [1.807, 2.05) is 13.8 Å². The maximum Gasteiger partial charge on any atom is 0.356 e. The van der Waals surface area contributed by atoms with E-state index < -0.39 is 11.8 Å². The zero-order valence-corrected chi connectivity index (χ0v) is 19.2. The molecule has 1 aliphatic rings. The maximum atomic E-state index is 14.5. The summed E-state index contributed by atoms with van der Waals surface area (Å²) in [6.07, 6.45) is 1.74. The molecule has 174 valence electrons. The maximum absolute atomic E-state index is 14.5. The Kier molecular flexibility index (Phi) is 8.46. The lowest BCUT2D eigenvalue weighted by Gasteiger charge is -2.32. The highest BCUT2D eigenvalue weighted by Gasteiger charge is 2.22. The number of benzene rings is 1. The van der Waals surface area contributed by atoms with Gasteiger partial charge in [-0.3, -0.25) is 4.90 Å². The lowest BCUT2D eigenvalue weighted by molar-refractivity contribution is 0.0594. The van der Waals surface area contributed by atoms with Crippen molar-refractivity contribution in [2.75, 3.05) is 38.7 Å². The molecule has 8 nitrogen and oxygen atoms in total. The lowest BCUT2D eigenvalue weighted by atomic mass is 10.0. The van der Waals surface area contributed by atoms with Crippen LogP contribution >= 0.6 is 11.6 Å². The van der Waals surface area contributed by atoms with Gasteiger partial charge in [-0.2, -0.15) is 4.39 Å². The Bertz CT molecular complexity index is 911. The number of ether oxygens (including phenoxy) is 3. The van der Waals surface area contributed by atoms with Gasteiger partial charge in [-0.15, -0.1) is 0 Å². The number of anilines is 1. The smallest absolute Gasteiger partial charge is 0.356 e. The minimum absolute atomic E-state index is 0.0145. The van der Waals surface area contributed by atoms with Gasteiger partial charge in [0.05, 0.1) is 20.3 Å². The van der Waals surface area contributed by atoms with Crippen molar-refractivity contribution >= 4 is 23.4 Å². The van der Waals surface area contributed by atoms with E-state index in [0.717, 1.165) is 31.5 Å². The summed E-state index contributed by atoms with van der Waals surface area (Å²) in [7, 11) is 1.29. The molecule has 1 aliphatic heterocycles. The number of piperidine rings is 1. The molecule has 10 heteroatoms. The molecule has 2 aromatic rings. The second kappa shape index (κ2) is 11.3. The highest BCUT2D eigenvalue weighted by Crippen LogP contribution is 2.30. The summed E-state index contributed by atoms with van der Waals surface area (Å²) in [6, 6.07) is 5.19. The number of aromatic nitrogens is 2. The van der Waals surface area contributed by atoms with Crippen LogP contribution in [0.2, 0.25) is 5.28 Å². The molecule has 1 fully saturated rings. The van der Waals surface area contributed by atoms with Gasteiger partial charge in [0.15, 0.2) is 17.2 Å². The molecular weight excluding hydrogens is 439 g/mol. The number of rotatable bonds is 9. The highest BCUT2D eigenvalue weighted by atomic mass is 35.5. The molecule has 1 aromatic heterocycles. The van der Waals surface area contributed by atoms with E-state index in [9.17, 15) is 9.18 Å². The number of esters is 1. The number of carbonyl (C=O) groups excluding carboxylic acids is 1. The van der Waals surface area contributed by atoms with Crippen molar-refractivity contribution in [1.29, 1.82) is 0 Å². The first kappa shape index (κ1) is 24.0. The molecule has 0 atom stereocenters. The van der Waals surface area contributed by atoms with Gasteiger partial charge in [0.1, 0.15) is 5.82 Å². The number of carbonyl (C=O) groups is 1. The van der Waals surface area contributed by atoms with Gasteiger partial charge >= 0.3 is 5.97 Å². The Morgan fingerprint density at radius 3 is 2.34 bits per heavy atom. The Balaban J connectivity index is 1.61. The zero-order chi connectivity index (χ0) is 23.1. The molecule has 0 aliphatic carbocycles. The molecule has 0 saturated carbocycles. The van der Waals surface area contributed by atoms with E-state index in [-0.39, 0.29) is 28.5 Å². The van der Waals surface area contributed by atoms with Gasteiger partial charge < -0.3 is 19.5 Å². The topological polar surface area (TPSA) is 85.8 Å². The average Bonchev–Trinajstić information content (AvgIpc) is 2.77. The summed E-state index contributed by atoms with van der Waals surface area (Å²) in [5.74, 6) is -0.108. The second-order valence-corrected chi connectivity index (χ2v) is 7.70. The predicted octanol–water partition coefficient (Wildman–Crippen LogP) is 3.93. The van der Waals surface area contributed by atoms with E-state index in [2.05, 4.69) is 20.2 Å². The van der Waals surface area contributed by atoms with Crippen molar-refractivity contribution < 1.29 is 23.4 Å². The normalized spacial score (nSPS) is 14.8. The van der Waals surface area contributed by atoms with Gasteiger partial charge in [0.25, 0.3) is 0 Å².